The summed E-state index contributed by atoms with van der Waals surface area (Å²) in [5.74, 6) is -27.4. The third-order valence-corrected chi connectivity index (χ3v) is 3.17. The van der Waals surface area contributed by atoms with Crippen molar-refractivity contribution in [1.29, 1.82) is 0 Å². The molecule has 0 N–H and O–H groups in total. The number of ether oxygens (including phenoxy) is 3. The van der Waals surface area contributed by atoms with E-state index in [0.717, 1.165) is 13.8 Å². The monoisotopic (exact) mass is 552 g/mol. The summed E-state index contributed by atoms with van der Waals surface area (Å²) in [5.41, 5.74) is 0. The lowest BCUT2D eigenvalue weighted by atomic mass is 10.2. The first-order valence-corrected chi connectivity index (χ1v) is 7.79. The van der Waals surface area contributed by atoms with E-state index in [0.29, 0.717) is 0 Å². The number of alkyl halides is 17. The van der Waals surface area contributed by atoms with Gasteiger partial charge in [-0.15, -0.1) is 0 Å². The van der Waals surface area contributed by atoms with Crippen molar-refractivity contribution in [2.75, 3.05) is 6.61 Å². The molecular formula is C13H9F17O4. The van der Waals surface area contributed by atoms with E-state index < -0.39 is 66.9 Å². The van der Waals surface area contributed by atoms with E-state index in [4.69, 9.17) is 0 Å². The maximum absolute atomic E-state index is 14.0. The zero-order valence-electron chi connectivity index (χ0n) is 15.8. The van der Waals surface area contributed by atoms with E-state index in [9.17, 15) is 79.4 Å². The fraction of sp³-hybridized carbons (Fsp3) is 0.923. The summed E-state index contributed by atoms with van der Waals surface area (Å²) >= 11 is 0. The highest BCUT2D eigenvalue weighted by molar-refractivity contribution is 5.78. The van der Waals surface area contributed by atoms with E-state index in [1.54, 1.807) is 0 Å². The molecule has 0 spiro atoms. The van der Waals surface area contributed by atoms with Crippen LogP contribution in [0.4, 0.5) is 74.6 Å². The Bertz CT molecular complexity index is 724. The molecule has 4 nitrogen and oxygen atoms in total. The predicted molar refractivity (Wildman–Crippen MR) is 68.7 cm³/mol. The van der Waals surface area contributed by atoms with Crippen LogP contribution < -0.4 is 0 Å². The highest BCUT2D eigenvalue weighted by atomic mass is 19.4. The summed E-state index contributed by atoms with van der Waals surface area (Å²) in [6.45, 7) is 0.786. The van der Waals surface area contributed by atoms with Crippen molar-refractivity contribution in [1.82, 2.24) is 0 Å². The first kappa shape index (κ1) is 32.2. The van der Waals surface area contributed by atoms with Crippen LogP contribution in [-0.4, -0.2) is 61.0 Å². The van der Waals surface area contributed by atoms with E-state index in [1.807, 2.05) is 4.74 Å². The molecule has 0 amide bonds. The van der Waals surface area contributed by atoms with Crippen LogP contribution in [0, 0.1) is 5.92 Å². The molecule has 0 rings (SSSR count). The maximum Gasteiger partial charge on any atom is 0.462 e. The Morgan fingerprint density at radius 2 is 1.03 bits per heavy atom. The molecule has 0 aliphatic heterocycles. The molecule has 2 atom stereocenters. The zero-order chi connectivity index (χ0) is 28.0. The molecule has 0 fully saturated rings. The molecule has 0 aromatic carbocycles. The molecule has 204 valence electrons. The van der Waals surface area contributed by atoms with Crippen LogP contribution in [0.3, 0.4) is 0 Å². The lowest BCUT2D eigenvalue weighted by molar-refractivity contribution is -0.548. The van der Waals surface area contributed by atoms with Gasteiger partial charge in [0.25, 0.3) is 0 Å². The van der Waals surface area contributed by atoms with Gasteiger partial charge in [-0.05, 0) is 5.92 Å². The minimum atomic E-state index is -8.04. The Labute approximate surface area is 175 Å². The van der Waals surface area contributed by atoms with Gasteiger partial charge in [-0.25, -0.2) is 4.79 Å². The topological polar surface area (TPSA) is 44.8 Å². The molecule has 0 radical (unpaired) electrons. The first-order chi connectivity index (χ1) is 14.5. The molecule has 0 aromatic rings. The number of esters is 1. The van der Waals surface area contributed by atoms with Crippen LogP contribution in [0.2, 0.25) is 0 Å². The molecule has 0 heterocycles. The summed E-state index contributed by atoms with van der Waals surface area (Å²) in [5, 5.41) is 0. The highest BCUT2D eigenvalue weighted by Crippen LogP contribution is 2.56. The van der Waals surface area contributed by atoms with Crippen LogP contribution in [0.5, 0.6) is 0 Å². The Hall–Kier alpha value is -1.80. The lowest BCUT2D eigenvalue weighted by Crippen LogP contribution is -2.68. The highest BCUT2D eigenvalue weighted by Gasteiger charge is 2.85. The predicted octanol–water partition coefficient (Wildman–Crippen LogP) is 6.06. The summed E-state index contributed by atoms with van der Waals surface area (Å²) in [6, 6.07) is 0. The van der Waals surface area contributed by atoms with Gasteiger partial charge in [0.15, 0.2) is 0 Å². The summed E-state index contributed by atoms with van der Waals surface area (Å²) < 4.78 is 226. The second-order valence-corrected chi connectivity index (χ2v) is 6.49. The number of hydrogen-bond acceptors (Lipinski definition) is 4. The summed E-state index contributed by atoms with van der Waals surface area (Å²) in [4.78, 5) is 11.2. The molecule has 0 aromatic heterocycles. The normalized spacial score (nSPS) is 18.5. The van der Waals surface area contributed by atoms with E-state index >= 15 is 0 Å². The van der Waals surface area contributed by atoms with Gasteiger partial charge in [0, 0.05) is 0 Å². The van der Waals surface area contributed by atoms with Gasteiger partial charge in [0.2, 0.25) is 0 Å². The molecule has 0 aliphatic rings. The minimum Gasteiger partial charge on any atom is -0.461 e. The maximum atomic E-state index is 14.0. The van der Waals surface area contributed by atoms with Crippen LogP contribution >= 0.6 is 0 Å². The van der Waals surface area contributed by atoms with Crippen LogP contribution in [0.25, 0.3) is 0 Å². The molecular weight excluding hydrogens is 543 g/mol. The van der Waals surface area contributed by atoms with Crippen molar-refractivity contribution in [2.45, 2.75) is 62.2 Å². The fourth-order valence-electron chi connectivity index (χ4n) is 1.48. The Balaban J connectivity index is 6.67. The number of carbonyl (C=O) groups excluding carboxylic acids is 1. The second-order valence-electron chi connectivity index (χ2n) is 6.49. The third kappa shape index (κ3) is 5.88. The molecule has 2 unspecified atom stereocenters. The SMILES string of the molecule is CC(C)COC(=O)C(F)(OC(F)(F)C(F)(OC(F)(F)C(F)(F)C(F)(F)F)C(F)(F)F)C(F)(F)F. The molecule has 34 heavy (non-hydrogen) atoms. The number of rotatable bonds is 9. The standard InChI is InChI=1S/C13H9F17O4/c1-4(2)3-32-5(31)6(14,9(18,19)20)33-13(29,30)8(17,11(24,25)26)34-12(27,28)7(15,16)10(21,22)23/h4H,3H2,1-2H3. The largest absolute Gasteiger partial charge is 0.462 e. The average Bonchev–Trinajstić information content (AvgIpc) is 2.55. The van der Waals surface area contributed by atoms with Gasteiger partial charge < -0.3 is 4.74 Å². The Morgan fingerprint density at radius 1 is 0.618 bits per heavy atom. The number of carbonyl (C=O) groups is 1. The number of hydrogen-bond donors (Lipinski definition) is 0. The summed E-state index contributed by atoms with van der Waals surface area (Å²) in [7, 11) is 0. The van der Waals surface area contributed by atoms with E-state index in [2.05, 4.69) is 4.74 Å². The van der Waals surface area contributed by atoms with Crippen molar-refractivity contribution >= 4 is 5.97 Å². The van der Waals surface area contributed by atoms with Gasteiger partial charge in [-0.1, -0.05) is 13.8 Å². The van der Waals surface area contributed by atoms with Gasteiger partial charge in [-0.3, -0.25) is 9.47 Å². The van der Waals surface area contributed by atoms with Crippen LogP contribution in [-0.2, 0) is 19.0 Å². The van der Waals surface area contributed by atoms with E-state index in [1.165, 1.54) is 4.74 Å². The Kier molecular flexibility index (Phi) is 8.53. The van der Waals surface area contributed by atoms with E-state index in [-0.39, 0.29) is 0 Å². The molecule has 0 saturated heterocycles. The van der Waals surface area contributed by atoms with Crippen LogP contribution in [0.1, 0.15) is 13.8 Å². The van der Waals surface area contributed by atoms with Crippen molar-refractivity contribution in [2.24, 2.45) is 5.92 Å². The molecule has 0 saturated carbocycles. The van der Waals surface area contributed by atoms with Crippen molar-refractivity contribution in [3.05, 3.63) is 0 Å². The van der Waals surface area contributed by atoms with Gasteiger partial charge in [0.05, 0.1) is 6.61 Å². The zero-order valence-corrected chi connectivity index (χ0v) is 15.8. The van der Waals surface area contributed by atoms with Crippen molar-refractivity contribution in [3.8, 4) is 0 Å². The first-order valence-electron chi connectivity index (χ1n) is 7.79. The van der Waals surface area contributed by atoms with Gasteiger partial charge in [0.1, 0.15) is 0 Å². The van der Waals surface area contributed by atoms with Crippen LogP contribution in [0.15, 0.2) is 0 Å². The second kappa shape index (κ2) is 9.01. The van der Waals surface area contributed by atoms with Crippen molar-refractivity contribution in [3.63, 3.8) is 0 Å². The smallest absolute Gasteiger partial charge is 0.461 e. The quantitative estimate of drug-likeness (QED) is 0.258. The fourth-order valence-corrected chi connectivity index (χ4v) is 1.48. The molecule has 0 bridgehead atoms. The van der Waals surface area contributed by atoms with Crippen molar-refractivity contribution < 1.29 is 93.6 Å². The lowest BCUT2D eigenvalue weighted by Gasteiger charge is -2.39. The molecule has 21 heteroatoms. The summed E-state index contributed by atoms with van der Waals surface area (Å²) in [6.07, 6.45) is -38.5. The van der Waals surface area contributed by atoms with Gasteiger partial charge >= 0.3 is 54.3 Å². The average molecular weight is 552 g/mol. The minimum absolute atomic E-state index is 1.01. The third-order valence-electron chi connectivity index (χ3n) is 3.17. The molecule has 0 aliphatic carbocycles. The van der Waals surface area contributed by atoms with Gasteiger partial charge in [-0.2, -0.15) is 74.6 Å². The number of halogens is 17. The Morgan fingerprint density at radius 3 is 1.32 bits per heavy atom.